The van der Waals surface area contributed by atoms with Crippen LogP contribution in [0.3, 0.4) is 0 Å². The van der Waals surface area contributed by atoms with Gasteiger partial charge in [0.1, 0.15) is 6.04 Å². The molecule has 0 aliphatic carbocycles. The lowest BCUT2D eigenvalue weighted by Crippen LogP contribution is -2.28. The number of nitrogens with one attached hydrogen (secondary N) is 1. The van der Waals surface area contributed by atoms with Crippen molar-refractivity contribution in [1.29, 1.82) is 0 Å². The Morgan fingerprint density at radius 3 is 3.00 bits per heavy atom. The van der Waals surface area contributed by atoms with Crippen LogP contribution in [0.15, 0.2) is 36.5 Å². The summed E-state index contributed by atoms with van der Waals surface area (Å²) in [5, 5.41) is 13.0. The zero-order valence-corrected chi connectivity index (χ0v) is 9.55. The van der Waals surface area contributed by atoms with Gasteiger partial charge in [0.2, 0.25) is 0 Å². The molecule has 0 amide bonds. The van der Waals surface area contributed by atoms with Gasteiger partial charge in [-0.25, -0.2) is 4.79 Å². The molecule has 2 N–H and O–H groups in total. The molecule has 0 radical (unpaired) electrons. The molecule has 0 spiro atoms. The van der Waals surface area contributed by atoms with E-state index in [1.807, 2.05) is 37.3 Å². The van der Waals surface area contributed by atoms with Gasteiger partial charge in [0.15, 0.2) is 0 Å². The van der Waals surface area contributed by atoms with E-state index in [-0.39, 0.29) is 0 Å². The van der Waals surface area contributed by atoms with E-state index in [9.17, 15) is 4.79 Å². The molecule has 2 aromatic rings. The average molecular weight is 230 g/mol. The maximum absolute atomic E-state index is 10.9. The molecule has 0 saturated heterocycles. The van der Waals surface area contributed by atoms with Gasteiger partial charge in [0, 0.05) is 17.3 Å². The number of aromatic nitrogens is 1. The van der Waals surface area contributed by atoms with E-state index in [1.54, 1.807) is 6.20 Å². The van der Waals surface area contributed by atoms with Gasteiger partial charge in [-0.05, 0) is 30.7 Å². The third kappa shape index (κ3) is 2.53. The Kier molecular flexibility index (Phi) is 3.23. The Labute approximate surface area is 99.3 Å². The Morgan fingerprint density at radius 2 is 2.29 bits per heavy atom. The number of aliphatic carboxylic acids is 1. The van der Waals surface area contributed by atoms with Crippen molar-refractivity contribution in [3.63, 3.8) is 0 Å². The molecule has 88 valence electrons. The van der Waals surface area contributed by atoms with E-state index in [1.165, 1.54) is 0 Å². The van der Waals surface area contributed by atoms with Crippen molar-refractivity contribution in [3.8, 4) is 0 Å². The highest BCUT2D eigenvalue weighted by Gasteiger charge is 2.14. The Morgan fingerprint density at radius 1 is 1.47 bits per heavy atom. The number of anilines is 1. The van der Waals surface area contributed by atoms with Crippen LogP contribution < -0.4 is 5.32 Å². The molecule has 0 bridgehead atoms. The van der Waals surface area contributed by atoms with Gasteiger partial charge in [0.25, 0.3) is 0 Å². The minimum absolute atomic E-state index is 0.542. The number of hydrogen-bond donors (Lipinski definition) is 2. The topological polar surface area (TPSA) is 62.2 Å². The lowest BCUT2D eigenvalue weighted by atomic mass is 10.1. The van der Waals surface area contributed by atoms with Crippen molar-refractivity contribution in [3.05, 3.63) is 36.5 Å². The lowest BCUT2D eigenvalue weighted by Gasteiger charge is -2.13. The second-order valence-corrected chi connectivity index (χ2v) is 3.85. The van der Waals surface area contributed by atoms with Gasteiger partial charge in [-0.2, -0.15) is 0 Å². The second-order valence-electron chi connectivity index (χ2n) is 3.85. The van der Waals surface area contributed by atoms with Gasteiger partial charge < -0.3 is 10.4 Å². The van der Waals surface area contributed by atoms with E-state index in [4.69, 9.17) is 5.11 Å². The predicted octanol–water partition coefficient (Wildman–Crippen LogP) is 2.51. The molecule has 17 heavy (non-hydrogen) atoms. The highest BCUT2D eigenvalue weighted by Crippen LogP contribution is 2.18. The molecule has 0 aliphatic heterocycles. The summed E-state index contributed by atoms with van der Waals surface area (Å²) >= 11 is 0. The van der Waals surface area contributed by atoms with Crippen molar-refractivity contribution >= 4 is 22.6 Å². The normalized spacial score (nSPS) is 12.3. The van der Waals surface area contributed by atoms with Gasteiger partial charge in [-0.15, -0.1) is 0 Å². The van der Waals surface area contributed by atoms with Crippen molar-refractivity contribution in [2.75, 3.05) is 5.32 Å². The molecule has 1 heterocycles. The summed E-state index contributed by atoms with van der Waals surface area (Å²) in [6.07, 6.45) is 2.28. The van der Waals surface area contributed by atoms with Crippen LogP contribution in [-0.4, -0.2) is 22.1 Å². The number of carboxylic acid groups (broad SMARTS) is 1. The Bertz CT molecular complexity index is 540. The zero-order valence-electron chi connectivity index (χ0n) is 9.55. The van der Waals surface area contributed by atoms with Gasteiger partial charge in [-0.3, -0.25) is 4.98 Å². The highest BCUT2D eigenvalue weighted by atomic mass is 16.4. The van der Waals surface area contributed by atoms with Crippen molar-refractivity contribution in [2.45, 2.75) is 19.4 Å². The Balaban J connectivity index is 2.27. The number of fused-ring (bicyclic) bond motifs is 1. The predicted molar refractivity (Wildman–Crippen MR) is 67.1 cm³/mol. The average Bonchev–Trinajstić information content (AvgIpc) is 2.35. The second kappa shape index (κ2) is 4.82. The number of benzene rings is 1. The fourth-order valence-corrected chi connectivity index (χ4v) is 1.71. The third-order valence-electron chi connectivity index (χ3n) is 2.65. The van der Waals surface area contributed by atoms with E-state index in [0.29, 0.717) is 6.42 Å². The summed E-state index contributed by atoms with van der Waals surface area (Å²) in [5.74, 6) is -0.834. The van der Waals surface area contributed by atoms with Crippen LogP contribution in [0.5, 0.6) is 0 Å². The number of carboxylic acids is 1. The van der Waals surface area contributed by atoms with Crippen LogP contribution in [-0.2, 0) is 4.79 Å². The van der Waals surface area contributed by atoms with Crippen LogP contribution in [0.1, 0.15) is 13.3 Å². The summed E-state index contributed by atoms with van der Waals surface area (Å²) < 4.78 is 0. The first kappa shape index (κ1) is 11.4. The molecule has 1 unspecified atom stereocenters. The van der Waals surface area contributed by atoms with Gasteiger partial charge >= 0.3 is 5.97 Å². The van der Waals surface area contributed by atoms with Crippen LogP contribution >= 0.6 is 0 Å². The fourth-order valence-electron chi connectivity index (χ4n) is 1.71. The first-order valence-corrected chi connectivity index (χ1v) is 5.55. The molecule has 0 saturated carbocycles. The molecule has 0 fully saturated rings. The summed E-state index contributed by atoms with van der Waals surface area (Å²) in [4.78, 5) is 15.1. The number of rotatable bonds is 4. The molecule has 4 nitrogen and oxygen atoms in total. The molecule has 1 atom stereocenters. The van der Waals surface area contributed by atoms with Gasteiger partial charge in [0.05, 0.1) is 5.52 Å². The van der Waals surface area contributed by atoms with E-state index in [2.05, 4.69) is 10.3 Å². The fraction of sp³-hybridized carbons (Fsp3) is 0.231. The van der Waals surface area contributed by atoms with Crippen LogP contribution in [0.4, 0.5) is 5.69 Å². The quantitative estimate of drug-likeness (QED) is 0.847. The monoisotopic (exact) mass is 230 g/mol. The smallest absolute Gasteiger partial charge is 0.326 e. The number of pyridine rings is 1. The number of nitrogens with zero attached hydrogens (tertiary/aromatic N) is 1. The molecule has 4 heteroatoms. The molecule has 0 aliphatic rings. The summed E-state index contributed by atoms with van der Waals surface area (Å²) in [7, 11) is 0. The maximum Gasteiger partial charge on any atom is 0.326 e. The molecule has 1 aromatic heterocycles. The molecule has 2 rings (SSSR count). The van der Waals surface area contributed by atoms with E-state index < -0.39 is 12.0 Å². The minimum Gasteiger partial charge on any atom is -0.480 e. The van der Waals surface area contributed by atoms with Gasteiger partial charge in [-0.1, -0.05) is 13.0 Å². The lowest BCUT2D eigenvalue weighted by molar-refractivity contribution is -0.137. The molecular formula is C13H14N2O2. The van der Waals surface area contributed by atoms with Crippen LogP contribution in [0, 0.1) is 0 Å². The minimum atomic E-state index is -0.834. The van der Waals surface area contributed by atoms with Crippen molar-refractivity contribution in [2.24, 2.45) is 0 Å². The summed E-state index contributed by atoms with van der Waals surface area (Å²) in [5.41, 5.74) is 1.71. The van der Waals surface area contributed by atoms with Crippen LogP contribution in [0.2, 0.25) is 0 Å². The van der Waals surface area contributed by atoms with Crippen LogP contribution in [0.25, 0.3) is 10.9 Å². The number of carbonyl (C=O) groups is 1. The Hall–Kier alpha value is -2.10. The molecule has 1 aromatic carbocycles. The largest absolute Gasteiger partial charge is 0.480 e. The SMILES string of the molecule is CCC(Nc1ccc2ncccc2c1)C(=O)O. The van der Waals surface area contributed by atoms with Crippen molar-refractivity contribution in [1.82, 2.24) is 4.98 Å². The zero-order chi connectivity index (χ0) is 12.3. The maximum atomic E-state index is 10.9. The van der Waals surface area contributed by atoms with E-state index in [0.717, 1.165) is 16.6 Å². The number of hydrogen-bond acceptors (Lipinski definition) is 3. The first-order chi connectivity index (χ1) is 8.20. The first-order valence-electron chi connectivity index (χ1n) is 5.55. The summed E-state index contributed by atoms with van der Waals surface area (Å²) in [6.45, 7) is 1.84. The molecular weight excluding hydrogens is 216 g/mol. The highest BCUT2D eigenvalue weighted by molar-refractivity contribution is 5.84. The third-order valence-corrected chi connectivity index (χ3v) is 2.65. The summed E-state index contributed by atoms with van der Waals surface area (Å²) in [6, 6.07) is 8.90. The van der Waals surface area contributed by atoms with Crippen molar-refractivity contribution < 1.29 is 9.90 Å². The standard InChI is InChI=1S/C13H14N2O2/c1-2-11(13(16)17)15-10-5-6-12-9(8-10)4-3-7-14-12/h3-8,11,15H,2H2,1H3,(H,16,17). The van der Waals surface area contributed by atoms with E-state index >= 15 is 0 Å².